The van der Waals surface area contributed by atoms with Gasteiger partial charge in [0.1, 0.15) is 6.04 Å². The number of rotatable bonds is 6. The summed E-state index contributed by atoms with van der Waals surface area (Å²) < 4.78 is 0. The normalized spacial score (nSPS) is 12.0. The molecular weight excluding hydrogens is 274 g/mol. The smallest absolute Gasteiger partial charge is 0.328 e. The van der Waals surface area contributed by atoms with Crippen LogP contribution in [0.15, 0.2) is 65.7 Å². The van der Waals surface area contributed by atoms with E-state index in [1.54, 1.807) is 0 Å². The number of carboxylic acids is 1. The molecular formula is C19H21NO2. The first-order chi connectivity index (χ1) is 10.6. The lowest BCUT2D eigenvalue weighted by atomic mass is 10.00. The highest BCUT2D eigenvalue weighted by Gasteiger charge is 2.19. The highest BCUT2D eigenvalue weighted by Crippen LogP contribution is 2.15. The van der Waals surface area contributed by atoms with E-state index in [1.165, 1.54) is 0 Å². The average molecular weight is 295 g/mol. The van der Waals surface area contributed by atoms with Crippen LogP contribution in [0.5, 0.6) is 0 Å². The topological polar surface area (TPSA) is 49.7 Å². The minimum absolute atomic E-state index is 0.276. The molecule has 2 aromatic rings. The minimum atomic E-state index is -0.877. The molecule has 0 aliphatic rings. The maximum atomic E-state index is 11.5. The Morgan fingerprint density at radius 1 is 0.955 bits per heavy atom. The molecule has 0 saturated carbocycles. The number of aliphatic imine (C=N–C) groups is 1. The van der Waals surface area contributed by atoms with Gasteiger partial charge in [-0.25, -0.2) is 4.79 Å². The van der Waals surface area contributed by atoms with E-state index in [0.717, 1.165) is 16.8 Å². The van der Waals surface area contributed by atoms with E-state index in [-0.39, 0.29) is 5.92 Å². The van der Waals surface area contributed by atoms with Crippen LogP contribution >= 0.6 is 0 Å². The second-order valence-corrected chi connectivity index (χ2v) is 5.69. The molecule has 114 valence electrons. The van der Waals surface area contributed by atoms with Gasteiger partial charge in [-0.3, -0.25) is 4.99 Å². The second kappa shape index (κ2) is 7.55. The van der Waals surface area contributed by atoms with Crippen LogP contribution < -0.4 is 0 Å². The van der Waals surface area contributed by atoms with E-state index in [4.69, 9.17) is 0 Å². The number of hydrogen-bond acceptors (Lipinski definition) is 2. The third kappa shape index (κ3) is 4.29. The van der Waals surface area contributed by atoms with Crippen LogP contribution in [0.3, 0.4) is 0 Å². The Kier molecular flexibility index (Phi) is 5.48. The molecule has 22 heavy (non-hydrogen) atoms. The van der Waals surface area contributed by atoms with Crippen LogP contribution in [-0.4, -0.2) is 22.8 Å². The van der Waals surface area contributed by atoms with Gasteiger partial charge in [0.05, 0.1) is 5.71 Å². The molecule has 1 unspecified atom stereocenters. The maximum Gasteiger partial charge on any atom is 0.328 e. The van der Waals surface area contributed by atoms with Gasteiger partial charge in [0.25, 0.3) is 0 Å². The number of hydrogen-bond donors (Lipinski definition) is 1. The highest BCUT2D eigenvalue weighted by atomic mass is 16.4. The van der Waals surface area contributed by atoms with Gasteiger partial charge < -0.3 is 5.11 Å². The first kappa shape index (κ1) is 16.0. The van der Waals surface area contributed by atoms with Crippen LogP contribution in [0.2, 0.25) is 0 Å². The van der Waals surface area contributed by atoms with Crippen LogP contribution in [0.1, 0.15) is 31.4 Å². The van der Waals surface area contributed by atoms with E-state index in [9.17, 15) is 9.90 Å². The molecule has 0 radical (unpaired) electrons. The number of carboxylic acid groups (broad SMARTS) is 1. The molecule has 0 aliphatic carbocycles. The third-order valence-electron chi connectivity index (χ3n) is 3.36. The summed E-state index contributed by atoms with van der Waals surface area (Å²) in [4.78, 5) is 16.1. The Hall–Kier alpha value is -2.42. The SMILES string of the molecule is CC(C)CC(N=C(c1ccccc1)c1ccccc1)C(=O)O. The summed E-state index contributed by atoms with van der Waals surface area (Å²) in [6.45, 7) is 4.02. The zero-order valence-electron chi connectivity index (χ0n) is 12.9. The Balaban J connectivity index is 2.48. The summed E-state index contributed by atoms with van der Waals surface area (Å²) in [5.41, 5.74) is 2.60. The average Bonchev–Trinajstić information content (AvgIpc) is 2.52. The summed E-state index contributed by atoms with van der Waals surface area (Å²) in [5.74, 6) is -0.601. The quantitative estimate of drug-likeness (QED) is 0.818. The van der Waals surface area contributed by atoms with Crippen molar-refractivity contribution in [1.29, 1.82) is 0 Å². The van der Waals surface area contributed by atoms with Gasteiger partial charge >= 0.3 is 5.97 Å². The summed E-state index contributed by atoms with van der Waals surface area (Å²) in [6, 6.07) is 18.7. The molecule has 2 aromatic carbocycles. The van der Waals surface area contributed by atoms with Gasteiger partial charge in [0.2, 0.25) is 0 Å². The van der Waals surface area contributed by atoms with Crippen molar-refractivity contribution < 1.29 is 9.90 Å². The fourth-order valence-electron chi connectivity index (χ4n) is 2.32. The zero-order valence-corrected chi connectivity index (χ0v) is 12.9. The molecule has 0 aliphatic heterocycles. The van der Waals surface area contributed by atoms with Crippen molar-refractivity contribution in [2.24, 2.45) is 10.9 Å². The fourth-order valence-corrected chi connectivity index (χ4v) is 2.32. The van der Waals surface area contributed by atoms with E-state index < -0.39 is 12.0 Å². The lowest BCUT2D eigenvalue weighted by molar-refractivity contribution is -0.138. The first-order valence-electron chi connectivity index (χ1n) is 7.49. The van der Waals surface area contributed by atoms with Crippen molar-refractivity contribution in [3.8, 4) is 0 Å². The molecule has 3 heteroatoms. The highest BCUT2D eigenvalue weighted by molar-refractivity contribution is 6.13. The summed E-state index contributed by atoms with van der Waals surface area (Å²) in [7, 11) is 0. The van der Waals surface area contributed by atoms with Gasteiger partial charge in [0, 0.05) is 11.1 Å². The van der Waals surface area contributed by atoms with Crippen LogP contribution in [0, 0.1) is 5.92 Å². The monoisotopic (exact) mass is 295 g/mol. The summed E-state index contributed by atoms with van der Waals surface area (Å²) in [5, 5.41) is 9.46. The van der Waals surface area contributed by atoms with Crippen molar-refractivity contribution in [3.05, 3.63) is 71.8 Å². The maximum absolute atomic E-state index is 11.5. The van der Waals surface area contributed by atoms with Crippen molar-refractivity contribution >= 4 is 11.7 Å². The number of carbonyl (C=O) groups is 1. The van der Waals surface area contributed by atoms with E-state index in [0.29, 0.717) is 6.42 Å². The molecule has 2 rings (SSSR count). The van der Waals surface area contributed by atoms with Crippen molar-refractivity contribution in [3.63, 3.8) is 0 Å². The number of aliphatic carboxylic acids is 1. The molecule has 0 spiro atoms. The fraction of sp³-hybridized carbons (Fsp3) is 0.263. The van der Waals surface area contributed by atoms with Gasteiger partial charge in [-0.05, 0) is 12.3 Å². The summed E-state index contributed by atoms with van der Waals surface area (Å²) in [6.07, 6.45) is 0.526. The lowest BCUT2D eigenvalue weighted by Crippen LogP contribution is -2.22. The Morgan fingerprint density at radius 2 is 1.41 bits per heavy atom. The van der Waals surface area contributed by atoms with Crippen LogP contribution in [-0.2, 0) is 4.79 Å². The van der Waals surface area contributed by atoms with E-state index >= 15 is 0 Å². The van der Waals surface area contributed by atoms with Gasteiger partial charge in [-0.15, -0.1) is 0 Å². The van der Waals surface area contributed by atoms with Crippen molar-refractivity contribution in [1.82, 2.24) is 0 Å². The molecule has 0 aromatic heterocycles. The predicted octanol–water partition coefficient (Wildman–Crippen LogP) is 4.02. The molecule has 0 amide bonds. The van der Waals surface area contributed by atoms with E-state index in [1.807, 2.05) is 74.5 Å². The Labute approximate surface area is 131 Å². The second-order valence-electron chi connectivity index (χ2n) is 5.69. The molecule has 1 atom stereocenters. The van der Waals surface area contributed by atoms with E-state index in [2.05, 4.69) is 4.99 Å². The van der Waals surface area contributed by atoms with Gasteiger partial charge in [0.15, 0.2) is 0 Å². The largest absolute Gasteiger partial charge is 0.480 e. The van der Waals surface area contributed by atoms with Crippen LogP contribution in [0.4, 0.5) is 0 Å². The molecule has 0 bridgehead atoms. The standard InChI is InChI=1S/C19H21NO2/c1-14(2)13-17(19(21)22)20-18(15-9-5-3-6-10-15)16-11-7-4-8-12-16/h3-12,14,17H,13H2,1-2H3,(H,21,22). The molecule has 0 saturated heterocycles. The summed E-state index contributed by atoms with van der Waals surface area (Å²) >= 11 is 0. The minimum Gasteiger partial charge on any atom is -0.480 e. The molecule has 0 fully saturated rings. The number of nitrogens with zero attached hydrogens (tertiary/aromatic N) is 1. The molecule has 3 nitrogen and oxygen atoms in total. The number of benzene rings is 2. The third-order valence-corrected chi connectivity index (χ3v) is 3.36. The molecule has 0 heterocycles. The van der Waals surface area contributed by atoms with Gasteiger partial charge in [-0.2, -0.15) is 0 Å². The Morgan fingerprint density at radius 3 is 1.77 bits per heavy atom. The molecule has 1 N–H and O–H groups in total. The van der Waals surface area contributed by atoms with Crippen molar-refractivity contribution in [2.45, 2.75) is 26.3 Å². The first-order valence-corrected chi connectivity index (χ1v) is 7.49. The van der Waals surface area contributed by atoms with Gasteiger partial charge in [-0.1, -0.05) is 74.5 Å². The lowest BCUT2D eigenvalue weighted by Gasteiger charge is -2.14. The predicted molar refractivity (Wildman–Crippen MR) is 89.4 cm³/mol. The Bertz CT molecular complexity index is 591. The van der Waals surface area contributed by atoms with Crippen LogP contribution in [0.25, 0.3) is 0 Å². The van der Waals surface area contributed by atoms with Crippen molar-refractivity contribution in [2.75, 3.05) is 0 Å². The zero-order chi connectivity index (χ0) is 15.9.